The fourth-order valence-corrected chi connectivity index (χ4v) is 5.80. The Morgan fingerprint density at radius 1 is 1.17 bits per heavy atom. The van der Waals surface area contributed by atoms with Gasteiger partial charge in [-0.2, -0.15) is 0 Å². The van der Waals surface area contributed by atoms with E-state index in [1.165, 1.54) is 47.7 Å². The van der Waals surface area contributed by atoms with Crippen molar-refractivity contribution in [2.24, 2.45) is 12.8 Å². The number of para-hydroxylation sites is 1. The number of carbonyl (C=O) groups excluding carboxylic acids is 1. The number of aromatic nitrogens is 1. The number of rotatable bonds is 4. The summed E-state index contributed by atoms with van der Waals surface area (Å²) >= 11 is 0. The largest absolute Gasteiger partial charge is 0.366 e. The quantitative estimate of drug-likeness (QED) is 0.723. The third kappa shape index (κ3) is 3.16. The van der Waals surface area contributed by atoms with E-state index in [0.717, 1.165) is 19.5 Å². The van der Waals surface area contributed by atoms with Gasteiger partial charge in [0.05, 0.1) is 0 Å². The topological polar surface area (TPSA) is 51.3 Å². The summed E-state index contributed by atoms with van der Waals surface area (Å²) in [5, 5.41) is 1.37. The van der Waals surface area contributed by atoms with Crippen LogP contribution in [0.4, 0.5) is 0 Å². The van der Waals surface area contributed by atoms with Gasteiger partial charge in [0.25, 0.3) is 0 Å². The predicted octanol–water partition coefficient (Wildman–Crippen LogP) is 4.36. The van der Waals surface area contributed by atoms with Crippen molar-refractivity contribution in [3.05, 3.63) is 71.4 Å². The maximum absolute atomic E-state index is 11.7. The van der Waals surface area contributed by atoms with Gasteiger partial charge in [-0.15, -0.1) is 0 Å². The molecule has 1 aliphatic carbocycles. The maximum Gasteiger partial charge on any atom is 0.248 e. The molecule has 29 heavy (non-hydrogen) atoms. The molecule has 4 heteroatoms. The number of hydrogen-bond acceptors (Lipinski definition) is 2. The van der Waals surface area contributed by atoms with Crippen LogP contribution in [0.3, 0.4) is 0 Å². The molecule has 2 aromatic carbocycles. The molecular formula is C25H29N3O. The molecule has 3 aromatic rings. The molecule has 150 valence electrons. The van der Waals surface area contributed by atoms with Crippen molar-refractivity contribution in [3.8, 4) is 0 Å². The van der Waals surface area contributed by atoms with Crippen LogP contribution in [0.2, 0.25) is 0 Å². The molecule has 2 bridgehead atoms. The van der Waals surface area contributed by atoms with Crippen LogP contribution >= 0.6 is 0 Å². The van der Waals surface area contributed by atoms with Crippen molar-refractivity contribution in [2.75, 3.05) is 6.54 Å². The van der Waals surface area contributed by atoms with E-state index >= 15 is 0 Å². The van der Waals surface area contributed by atoms with Gasteiger partial charge < -0.3 is 10.3 Å². The molecule has 1 aliphatic heterocycles. The first kappa shape index (κ1) is 18.4. The summed E-state index contributed by atoms with van der Waals surface area (Å²) in [6, 6.07) is 17.4. The first-order chi connectivity index (χ1) is 14.1. The third-order valence-corrected chi connectivity index (χ3v) is 7.33. The Morgan fingerprint density at radius 2 is 2.03 bits per heavy atom. The first-order valence-electron chi connectivity index (χ1n) is 10.7. The molecule has 4 nitrogen and oxygen atoms in total. The summed E-state index contributed by atoms with van der Waals surface area (Å²) in [6.45, 7) is 2.12. The van der Waals surface area contributed by atoms with E-state index in [-0.39, 0.29) is 11.3 Å². The van der Waals surface area contributed by atoms with E-state index in [2.05, 4.69) is 53.0 Å². The molecule has 2 unspecified atom stereocenters. The Hall–Kier alpha value is -2.59. The number of hydrogen-bond donors (Lipinski definition) is 1. The van der Waals surface area contributed by atoms with Crippen molar-refractivity contribution in [3.63, 3.8) is 0 Å². The van der Waals surface area contributed by atoms with Crippen LogP contribution < -0.4 is 5.73 Å². The van der Waals surface area contributed by atoms with Crippen molar-refractivity contribution in [2.45, 2.75) is 50.1 Å². The summed E-state index contributed by atoms with van der Waals surface area (Å²) in [4.78, 5) is 14.4. The van der Waals surface area contributed by atoms with Gasteiger partial charge in [0.15, 0.2) is 0 Å². The van der Waals surface area contributed by atoms with E-state index in [1.54, 1.807) is 0 Å². The number of aryl methyl sites for hydroxylation is 1. The van der Waals surface area contributed by atoms with Gasteiger partial charge in [0.1, 0.15) is 0 Å². The smallest absolute Gasteiger partial charge is 0.248 e. The lowest BCUT2D eigenvalue weighted by molar-refractivity contribution is 0.0461. The lowest BCUT2D eigenvalue weighted by atomic mass is 9.63. The minimum atomic E-state index is -0.330. The van der Waals surface area contributed by atoms with Gasteiger partial charge in [-0.1, -0.05) is 36.8 Å². The molecule has 1 saturated carbocycles. The molecule has 5 rings (SSSR count). The fourth-order valence-electron chi connectivity index (χ4n) is 5.80. The van der Waals surface area contributed by atoms with Gasteiger partial charge in [-0.05, 0) is 67.0 Å². The number of primary amides is 1. The number of nitrogens with zero attached hydrogens (tertiary/aromatic N) is 2. The summed E-state index contributed by atoms with van der Waals surface area (Å²) in [5.74, 6) is -0.330. The van der Waals surface area contributed by atoms with Gasteiger partial charge in [0.2, 0.25) is 5.91 Å². The summed E-state index contributed by atoms with van der Waals surface area (Å²) in [6.07, 6.45) is 8.36. The van der Waals surface area contributed by atoms with Crippen LogP contribution in [0.5, 0.6) is 0 Å². The zero-order valence-electron chi connectivity index (χ0n) is 17.1. The van der Waals surface area contributed by atoms with Crippen LogP contribution in [0.15, 0.2) is 54.7 Å². The van der Waals surface area contributed by atoms with Crippen LogP contribution in [-0.2, 0) is 19.0 Å². The second-order valence-electron chi connectivity index (χ2n) is 8.98. The molecule has 1 amide bonds. The number of nitrogens with two attached hydrogens (primary N) is 1. The van der Waals surface area contributed by atoms with Crippen LogP contribution in [-0.4, -0.2) is 28.0 Å². The normalized spacial score (nSPS) is 24.7. The fraction of sp³-hybridized carbons (Fsp3) is 0.400. The van der Waals surface area contributed by atoms with E-state index in [4.69, 9.17) is 5.73 Å². The van der Waals surface area contributed by atoms with Gasteiger partial charge in [-0.25, -0.2) is 0 Å². The number of amides is 1. The lowest BCUT2D eigenvalue weighted by Crippen LogP contribution is -2.51. The second-order valence-corrected chi connectivity index (χ2v) is 8.98. The van der Waals surface area contributed by atoms with Crippen molar-refractivity contribution < 1.29 is 4.79 Å². The zero-order chi connectivity index (χ0) is 20.0. The predicted molar refractivity (Wildman–Crippen MR) is 117 cm³/mol. The zero-order valence-corrected chi connectivity index (χ0v) is 17.1. The molecule has 0 spiro atoms. The van der Waals surface area contributed by atoms with Crippen LogP contribution in [0.1, 0.15) is 53.6 Å². The monoisotopic (exact) mass is 387 g/mol. The highest BCUT2D eigenvalue weighted by Gasteiger charge is 2.43. The lowest BCUT2D eigenvalue weighted by Gasteiger charge is -2.51. The minimum absolute atomic E-state index is 0.198. The Labute approximate surface area is 172 Å². The van der Waals surface area contributed by atoms with Crippen LogP contribution in [0, 0.1) is 0 Å². The molecule has 1 aromatic heterocycles. The molecule has 2 aliphatic rings. The number of likely N-dealkylation sites (tertiary alicyclic amines) is 1. The number of fused-ring (bicyclic) bond motifs is 3. The Bertz CT molecular complexity index is 1070. The van der Waals surface area contributed by atoms with Crippen molar-refractivity contribution in [1.82, 2.24) is 9.47 Å². The minimum Gasteiger partial charge on any atom is -0.366 e. The highest BCUT2D eigenvalue weighted by Crippen LogP contribution is 2.47. The average Bonchev–Trinajstić information content (AvgIpc) is 3.06. The maximum atomic E-state index is 11.7. The number of carbonyl (C=O) groups is 1. The molecule has 0 radical (unpaired) electrons. The Morgan fingerprint density at radius 3 is 2.90 bits per heavy atom. The molecule has 2 atom stereocenters. The Balaban J connectivity index is 1.40. The molecule has 2 heterocycles. The number of benzene rings is 2. The highest BCUT2D eigenvalue weighted by molar-refractivity contribution is 5.93. The summed E-state index contributed by atoms with van der Waals surface area (Å²) in [7, 11) is 2.14. The summed E-state index contributed by atoms with van der Waals surface area (Å²) in [5.41, 5.74) is 10.4. The van der Waals surface area contributed by atoms with Gasteiger partial charge >= 0.3 is 0 Å². The van der Waals surface area contributed by atoms with E-state index in [0.29, 0.717) is 11.6 Å². The second kappa shape index (κ2) is 7.03. The van der Waals surface area contributed by atoms with Gasteiger partial charge in [-0.3, -0.25) is 9.69 Å². The molecule has 2 fully saturated rings. The molecule has 1 saturated heterocycles. The first-order valence-corrected chi connectivity index (χ1v) is 10.7. The van der Waals surface area contributed by atoms with E-state index in [1.807, 2.05) is 18.2 Å². The van der Waals surface area contributed by atoms with E-state index in [9.17, 15) is 4.79 Å². The molecular weight excluding hydrogens is 358 g/mol. The van der Waals surface area contributed by atoms with E-state index < -0.39 is 0 Å². The van der Waals surface area contributed by atoms with Gasteiger partial charge in [0, 0.05) is 42.3 Å². The third-order valence-electron chi connectivity index (χ3n) is 7.33. The van der Waals surface area contributed by atoms with Crippen molar-refractivity contribution in [1.29, 1.82) is 0 Å². The molecule has 2 N–H and O–H groups in total. The summed E-state index contributed by atoms with van der Waals surface area (Å²) < 4.78 is 2.25. The SMILES string of the molecule is Cn1cc(CN2CCC3(c4cccc(C(N)=O)c4)CCCC2C3)c2ccccc21. The standard InChI is InChI=1S/C25H29N3O/c1-27-16-19(22-9-2-3-10-23(22)27)17-28-13-12-25(11-5-8-21(28)15-25)20-7-4-6-18(14-20)24(26)29/h2-4,6-7,9-10,14,16,21H,5,8,11-13,15,17H2,1H3,(H2,26,29). The Kier molecular flexibility index (Phi) is 4.47. The average molecular weight is 388 g/mol. The van der Waals surface area contributed by atoms with Crippen molar-refractivity contribution >= 4 is 16.8 Å². The highest BCUT2D eigenvalue weighted by atomic mass is 16.1. The number of piperidine rings is 1. The van der Waals surface area contributed by atoms with Crippen LogP contribution in [0.25, 0.3) is 10.9 Å².